The summed E-state index contributed by atoms with van der Waals surface area (Å²) in [7, 11) is 0. The lowest BCUT2D eigenvalue weighted by Gasteiger charge is -2.28. The number of anilines is 1. The Labute approximate surface area is 161 Å². The van der Waals surface area contributed by atoms with E-state index in [1.165, 1.54) is 37.6 Å². The fourth-order valence-corrected chi connectivity index (χ4v) is 4.54. The number of fused-ring (bicyclic) bond motifs is 3. The highest BCUT2D eigenvalue weighted by Crippen LogP contribution is 2.33. The second kappa shape index (κ2) is 7.85. The van der Waals surface area contributed by atoms with E-state index in [2.05, 4.69) is 28.6 Å². The van der Waals surface area contributed by atoms with Crippen molar-refractivity contribution in [1.29, 1.82) is 0 Å². The lowest BCUT2D eigenvalue weighted by atomic mass is 9.82. The zero-order valence-corrected chi connectivity index (χ0v) is 16.3. The van der Waals surface area contributed by atoms with E-state index >= 15 is 0 Å². The Morgan fingerprint density at radius 1 is 1.07 bits per heavy atom. The number of aromatic nitrogens is 3. The number of nitrogens with two attached hydrogens (primary N) is 2. The van der Waals surface area contributed by atoms with E-state index in [1.807, 2.05) is 12.1 Å². The first-order valence-electron chi connectivity index (χ1n) is 10.4. The summed E-state index contributed by atoms with van der Waals surface area (Å²) in [6.07, 6.45) is 8.33. The highest BCUT2D eigenvalue weighted by atomic mass is 15.1. The molecular weight excluding hydrogens is 334 g/mol. The minimum absolute atomic E-state index is 0.548. The first-order valence-corrected chi connectivity index (χ1v) is 10.4. The molecule has 1 aliphatic carbocycles. The second-order valence-corrected chi connectivity index (χ2v) is 8.08. The number of aryl methyl sites for hydroxylation is 1. The number of rotatable bonds is 6. The number of pyridine rings is 1. The standard InChI is InChI=1S/C22H31N5/c1-2-3-8-19-26-20-21(17-6-4-5-7-18(17)25-22(20)24)27(19)14-16-11-9-15(13-23)10-12-16/h4-7,15-16H,2-3,8-14,23H2,1H3,(H2,24,25). The summed E-state index contributed by atoms with van der Waals surface area (Å²) in [4.78, 5) is 9.55. The van der Waals surface area contributed by atoms with Crippen molar-refractivity contribution < 1.29 is 0 Å². The average Bonchev–Trinajstić information content (AvgIpc) is 3.06. The van der Waals surface area contributed by atoms with Gasteiger partial charge in [-0.3, -0.25) is 0 Å². The molecule has 0 radical (unpaired) electrons. The van der Waals surface area contributed by atoms with Crippen molar-refractivity contribution in [3.63, 3.8) is 0 Å². The van der Waals surface area contributed by atoms with Gasteiger partial charge in [-0.2, -0.15) is 0 Å². The molecule has 1 saturated carbocycles. The third kappa shape index (κ3) is 3.53. The molecule has 0 saturated heterocycles. The highest BCUT2D eigenvalue weighted by Gasteiger charge is 2.24. The molecule has 27 heavy (non-hydrogen) atoms. The molecule has 3 aromatic rings. The van der Waals surface area contributed by atoms with E-state index in [0.717, 1.165) is 48.2 Å². The van der Waals surface area contributed by atoms with Gasteiger partial charge in [0.25, 0.3) is 0 Å². The maximum absolute atomic E-state index is 6.30. The van der Waals surface area contributed by atoms with Crippen molar-refractivity contribution in [3.8, 4) is 0 Å². The Bertz CT molecular complexity index is 921. The van der Waals surface area contributed by atoms with Gasteiger partial charge in [-0.05, 0) is 56.6 Å². The predicted molar refractivity (Wildman–Crippen MR) is 113 cm³/mol. The van der Waals surface area contributed by atoms with Gasteiger partial charge in [0.2, 0.25) is 0 Å². The second-order valence-electron chi connectivity index (χ2n) is 8.08. The molecule has 2 heterocycles. The molecule has 5 heteroatoms. The Morgan fingerprint density at radius 2 is 1.81 bits per heavy atom. The van der Waals surface area contributed by atoms with Gasteiger partial charge in [-0.25, -0.2) is 9.97 Å². The van der Waals surface area contributed by atoms with E-state index in [1.54, 1.807) is 0 Å². The van der Waals surface area contributed by atoms with Crippen LogP contribution in [0, 0.1) is 11.8 Å². The van der Waals surface area contributed by atoms with Crippen molar-refractivity contribution in [2.45, 2.75) is 58.4 Å². The minimum atomic E-state index is 0.548. The van der Waals surface area contributed by atoms with Crippen LogP contribution < -0.4 is 11.5 Å². The van der Waals surface area contributed by atoms with E-state index < -0.39 is 0 Å². The number of benzene rings is 1. The Balaban J connectivity index is 1.78. The summed E-state index contributed by atoms with van der Waals surface area (Å²) in [5.41, 5.74) is 15.2. The zero-order chi connectivity index (χ0) is 18.8. The van der Waals surface area contributed by atoms with Crippen LogP contribution in [0.1, 0.15) is 51.3 Å². The number of nitrogen functional groups attached to an aromatic ring is 1. The van der Waals surface area contributed by atoms with Crippen LogP contribution >= 0.6 is 0 Å². The van der Waals surface area contributed by atoms with Crippen molar-refractivity contribution in [2.24, 2.45) is 17.6 Å². The third-order valence-corrected chi connectivity index (χ3v) is 6.18. The number of imidazole rings is 1. The quantitative estimate of drug-likeness (QED) is 0.683. The molecule has 4 N–H and O–H groups in total. The van der Waals surface area contributed by atoms with Crippen LogP contribution in [0.25, 0.3) is 21.9 Å². The molecular formula is C22H31N5. The van der Waals surface area contributed by atoms with Gasteiger partial charge in [-0.1, -0.05) is 31.5 Å². The molecule has 1 aliphatic rings. The summed E-state index contributed by atoms with van der Waals surface area (Å²) >= 11 is 0. The van der Waals surface area contributed by atoms with Gasteiger partial charge < -0.3 is 16.0 Å². The number of unbranched alkanes of at least 4 members (excludes halogenated alkanes) is 1. The highest BCUT2D eigenvalue weighted by molar-refractivity contribution is 6.06. The van der Waals surface area contributed by atoms with E-state index in [9.17, 15) is 0 Å². The van der Waals surface area contributed by atoms with Gasteiger partial charge in [-0.15, -0.1) is 0 Å². The lowest BCUT2D eigenvalue weighted by Crippen LogP contribution is -2.24. The molecule has 144 valence electrons. The van der Waals surface area contributed by atoms with Gasteiger partial charge in [0.15, 0.2) is 5.82 Å². The maximum atomic E-state index is 6.30. The van der Waals surface area contributed by atoms with Crippen LogP contribution in [-0.4, -0.2) is 21.1 Å². The third-order valence-electron chi connectivity index (χ3n) is 6.18. The molecule has 0 aliphatic heterocycles. The van der Waals surface area contributed by atoms with Crippen molar-refractivity contribution >= 4 is 27.8 Å². The van der Waals surface area contributed by atoms with E-state index in [-0.39, 0.29) is 0 Å². The molecule has 0 atom stereocenters. The molecule has 4 rings (SSSR count). The molecule has 1 fully saturated rings. The summed E-state index contributed by atoms with van der Waals surface area (Å²) in [5.74, 6) is 3.12. The van der Waals surface area contributed by atoms with Crippen LogP contribution in [0.15, 0.2) is 24.3 Å². The fraction of sp³-hybridized carbons (Fsp3) is 0.545. The van der Waals surface area contributed by atoms with E-state index in [0.29, 0.717) is 17.7 Å². The summed E-state index contributed by atoms with van der Waals surface area (Å²) < 4.78 is 2.46. The number of para-hydroxylation sites is 1. The normalized spacial score (nSPS) is 20.5. The van der Waals surface area contributed by atoms with Crippen LogP contribution in [-0.2, 0) is 13.0 Å². The number of hydrogen-bond donors (Lipinski definition) is 2. The van der Waals surface area contributed by atoms with Crippen molar-refractivity contribution in [1.82, 2.24) is 14.5 Å². The van der Waals surface area contributed by atoms with E-state index in [4.69, 9.17) is 16.5 Å². The first kappa shape index (κ1) is 18.2. The number of nitrogens with zero attached hydrogens (tertiary/aromatic N) is 3. The predicted octanol–water partition coefficient (Wildman–Crippen LogP) is 4.27. The minimum Gasteiger partial charge on any atom is -0.382 e. The fourth-order valence-electron chi connectivity index (χ4n) is 4.54. The average molecular weight is 366 g/mol. The van der Waals surface area contributed by atoms with Crippen LogP contribution in [0.3, 0.4) is 0 Å². The van der Waals surface area contributed by atoms with Crippen molar-refractivity contribution in [2.75, 3.05) is 12.3 Å². The molecule has 0 amide bonds. The largest absolute Gasteiger partial charge is 0.382 e. The topological polar surface area (TPSA) is 82.8 Å². The molecule has 2 aromatic heterocycles. The van der Waals surface area contributed by atoms with Gasteiger partial charge in [0.05, 0.1) is 11.0 Å². The molecule has 0 unspecified atom stereocenters. The van der Waals surface area contributed by atoms with Gasteiger partial charge in [0, 0.05) is 18.4 Å². The monoisotopic (exact) mass is 365 g/mol. The molecule has 0 spiro atoms. The number of hydrogen-bond acceptors (Lipinski definition) is 4. The SMILES string of the molecule is CCCCc1nc2c(N)nc3ccccc3c2n1CC1CCC(CN)CC1. The Morgan fingerprint density at radius 3 is 2.56 bits per heavy atom. The molecule has 1 aromatic carbocycles. The molecule has 0 bridgehead atoms. The lowest BCUT2D eigenvalue weighted by molar-refractivity contribution is 0.256. The van der Waals surface area contributed by atoms with Crippen LogP contribution in [0.4, 0.5) is 5.82 Å². The first-order chi connectivity index (χ1) is 13.2. The summed E-state index contributed by atoms with van der Waals surface area (Å²) in [5, 5.41) is 1.16. The maximum Gasteiger partial charge on any atom is 0.152 e. The van der Waals surface area contributed by atoms with Crippen LogP contribution in [0.5, 0.6) is 0 Å². The smallest absolute Gasteiger partial charge is 0.152 e. The summed E-state index contributed by atoms with van der Waals surface area (Å²) in [6, 6.07) is 8.29. The van der Waals surface area contributed by atoms with Gasteiger partial charge >= 0.3 is 0 Å². The van der Waals surface area contributed by atoms with Crippen molar-refractivity contribution in [3.05, 3.63) is 30.1 Å². The summed E-state index contributed by atoms with van der Waals surface area (Å²) in [6.45, 7) is 4.09. The van der Waals surface area contributed by atoms with Gasteiger partial charge in [0.1, 0.15) is 11.3 Å². The Kier molecular flexibility index (Phi) is 5.30. The zero-order valence-electron chi connectivity index (χ0n) is 16.3. The Hall–Kier alpha value is -2.14. The molecule has 5 nitrogen and oxygen atoms in total. The van der Waals surface area contributed by atoms with Crippen LogP contribution in [0.2, 0.25) is 0 Å².